The van der Waals surface area contributed by atoms with Crippen LogP contribution in [0.5, 0.6) is 0 Å². The zero-order valence-corrected chi connectivity index (χ0v) is 10.6. The first kappa shape index (κ1) is 14.2. The molecule has 1 amide bonds. The largest absolute Gasteiger partial charge is 0.481 e. The number of benzene rings is 1. The molecule has 4 nitrogen and oxygen atoms in total. The van der Waals surface area contributed by atoms with E-state index in [1.165, 1.54) is 5.56 Å². The van der Waals surface area contributed by atoms with E-state index in [4.69, 9.17) is 5.11 Å². The number of carboxylic acids is 1. The second-order valence-corrected chi connectivity index (χ2v) is 4.33. The van der Waals surface area contributed by atoms with E-state index in [1.54, 1.807) is 0 Å². The Balaban J connectivity index is 2.17. The molecule has 0 aliphatic carbocycles. The Labute approximate surface area is 107 Å². The first-order chi connectivity index (χ1) is 8.58. The van der Waals surface area contributed by atoms with Crippen LogP contribution in [-0.4, -0.2) is 23.5 Å². The van der Waals surface area contributed by atoms with Gasteiger partial charge in [0, 0.05) is 19.4 Å². The normalized spacial score (nSPS) is 10.1. The first-order valence-corrected chi connectivity index (χ1v) is 6.12. The molecule has 0 heterocycles. The summed E-state index contributed by atoms with van der Waals surface area (Å²) in [7, 11) is 0. The second-order valence-electron chi connectivity index (χ2n) is 4.33. The maximum absolute atomic E-state index is 11.5. The summed E-state index contributed by atoms with van der Waals surface area (Å²) in [5.41, 5.74) is 2.35. The molecule has 1 aromatic rings. The molecule has 0 aliphatic rings. The van der Waals surface area contributed by atoms with Crippen molar-refractivity contribution in [3.8, 4) is 0 Å². The Morgan fingerprint density at radius 1 is 1.17 bits per heavy atom. The van der Waals surface area contributed by atoms with Crippen molar-refractivity contribution in [1.82, 2.24) is 5.32 Å². The van der Waals surface area contributed by atoms with Gasteiger partial charge in [0.15, 0.2) is 0 Å². The molecule has 1 rings (SSSR count). The highest BCUT2D eigenvalue weighted by molar-refractivity contribution is 5.76. The van der Waals surface area contributed by atoms with Crippen molar-refractivity contribution in [2.75, 3.05) is 6.54 Å². The Bertz CT molecular complexity index is 398. The Morgan fingerprint density at radius 3 is 2.44 bits per heavy atom. The van der Waals surface area contributed by atoms with Crippen molar-refractivity contribution in [3.63, 3.8) is 0 Å². The van der Waals surface area contributed by atoms with Gasteiger partial charge in [-0.3, -0.25) is 9.59 Å². The van der Waals surface area contributed by atoms with Gasteiger partial charge in [-0.2, -0.15) is 0 Å². The van der Waals surface area contributed by atoms with Gasteiger partial charge in [-0.05, 0) is 25.3 Å². The zero-order valence-electron chi connectivity index (χ0n) is 10.6. The van der Waals surface area contributed by atoms with Crippen LogP contribution in [0.1, 0.15) is 30.4 Å². The minimum atomic E-state index is -0.830. The van der Waals surface area contributed by atoms with Crippen LogP contribution in [0.25, 0.3) is 0 Å². The minimum Gasteiger partial charge on any atom is -0.481 e. The van der Waals surface area contributed by atoms with Crippen molar-refractivity contribution in [2.24, 2.45) is 0 Å². The summed E-state index contributed by atoms with van der Waals surface area (Å²) in [6, 6.07) is 8.10. The minimum absolute atomic E-state index is 0.0269. The van der Waals surface area contributed by atoms with Crippen LogP contribution in [0.2, 0.25) is 0 Å². The fourth-order valence-electron chi connectivity index (χ4n) is 1.57. The molecule has 0 saturated carbocycles. The van der Waals surface area contributed by atoms with E-state index in [0.717, 1.165) is 5.56 Å². The Kier molecular flexibility index (Phi) is 5.91. The third kappa shape index (κ3) is 6.03. The van der Waals surface area contributed by atoms with Crippen LogP contribution in [0.4, 0.5) is 0 Å². The molecule has 4 heteroatoms. The van der Waals surface area contributed by atoms with Gasteiger partial charge in [0.05, 0.1) is 0 Å². The van der Waals surface area contributed by atoms with Crippen molar-refractivity contribution in [2.45, 2.75) is 32.6 Å². The van der Waals surface area contributed by atoms with Crippen molar-refractivity contribution < 1.29 is 14.7 Å². The lowest BCUT2D eigenvalue weighted by Gasteiger charge is -2.04. The average Bonchev–Trinajstić information content (AvgIpc) is 2.34. The standard InChI is InChI=1S/C14H19NO3/c1-11-4-6-12(7-5-11)8-9-13(16)15-10-2-3-14(17)18/h4-7H,2-3,8-10H2,1H3,(H,15,16)(H,17,18). The molecule has 0 fully saturated rings. The van der Waals surface area contributed by atoms with E-state index in [2.05, 4.69) is 5.32 Å². The van der Waals surface area contributed by atoms with Gasteiger partial charge >= 0.3 is 5.97 Å². The van der Waals surface area contributed by atoms with Crippen molar-refractivity contribution in [1.29, 1.82) is 0 Å². The third-order valence-corrected chi connectivity index (χ3v) is 2.65. The van der Waals surface area contributed by atoms with Crippen LogP contribution in [0.15, 0.2) is 24.3 Å². The van der Waals surface area contributed by atoms with Gasteiger partial charge in [0.2, 0.25) is 5.91 Å². The van der Waals surface area contributed by atoms with Crippen LogP contribution in [0, 0.1) is 6.92 Å². The lowest BCUT2D eigenvalue weighted by atomic mass is 10.1. The van der Waals surface area contributed by atoms with Crippen LogP contribution >= 0.6 is 0 Å². The quantitative estimate of drug-likeness (QED) is 0.725. The number of rotatable bonds is 7. The summed E-state index contributed by atoms with van der Waals surface area (Å²) < 4.78 is 0. The Morgan fingerprint density at radius 2 is 1.83 bits per heavy atom. The fourth-order valence-corrected chi connectivity index (χ4v) is 1.57. The van der Waals surface area contributed by atoms with E-state index in [9.17, 15) is 9.59 Å². The lowest BCUT2D eigenvalue weighted by Crippen LogP contribution is -2.25. The molecular formula is C14H19NO3. The number of amides is 1. The number of hydrogen-bond acceptors (Lipinski definition) is 2. The second kappa shape index (κ2) is 7.48. The molecule has 18 heavy (non-hydrogen) atoms. The van der Waals surface area contributed by atoms with Crippen LogP contribution in [0.3, 0.4) is 0 Å². The van der Waals surface area contributed by atoms with Gasteiger partial charge < -0.3 is 10.4 Å². The fraction of sp³-hybridized carbons (Fsp3) is 0.429. The topological polar surface area (TPSA) is 66.4 Å². The number of carbonyl (C=O) groups excluding carboxylic acids is 1. The highest BCUT2D eigenvalue weighted by atomic mass is 16.4. The first-order valence-electron chi connectivity index (χ1n) is 6.12. The SMILES string of the molecule is Cc1ccc(CCC(=O)NCCCC(=O)O)cc1. The number of carbonyl (C=O) groups is 2. The van der Waals surface area contributed by atoms with E-state index < -0.39 is 5.97 Å². The highest BCUT2D eigenvalue weighted by Gasteiger charge is 2.02. The van der Waals surface area contributed by atoms with E-state index in [-0.39, 0.29) is 12.3 Å². The number of nitrogens with one attached hydrogen (secondary N) is 1. The molecule has 0 unspecified atom stereocenters. The predicted molar refractivity (Wildman–Crippen MR) is 69.4 cm³/mol. The molecule has 0 radical (unpaired) electrons. The molecule has 98 valence electrons. The summed E-state index contributed by atoms with van der Waals surface area (Å²) >= 11 is 0. The smallest absolute Gasteiger partial charge is 0.303 e. The number of hydrogen-bond donors (Lipinski definition) is 2. The zero-order chi connectivity index (χ0) is 13.4. The van der Waals surface area contributed by atoms with Gasteiger partial charge in [0.1, 0.15) is 0 Å². The molecule has 0 bridgehead atoms. The molecule has 0 spiro atoms. The summed E-state index contributed by atoms with van der Waals surface area (Å²) in [4.78, 5) is 21.7. The van der Waals surface area contributed by atoms with E-state index in [0.29, 0.717) is 25.8 Å². The van der Waals surface area contributed by atoms with Crippen molar-refractivity contribution >= 4 is 11.9 Å². The molecule has 0 atom stereocenters. The molecule has 2 N–H and O–H groups in total. The van der Waals surface area contributed by atoms with E-state index >= 15 is 0 Å². The highest BCUT2D eigenvalue weighted by Crippen LogP contribution is 2.05. The molecular weight excluding hydrogens is 230 g/mol. The number of aliphatic carboxylic acids is 1. The molecule has 1 aromatic carbocycles. The molecule has 0 saturated heterocycles. The summed E-state index contributed by atoms with van der Waals surface area (Å²) in [6.45, 7) is 2.46. The monoisotopic (exact) mass is 249 g/mol. The van der Waals surface area contributed by atoms with Gasteiger partial charge in [-0.25, -0.2) is 0 Å². The summed E-state index contributed by atoms with van der Waals surface area (Å²) in [6.07, 6.45) is 1.73. The summed E-state index contributed by atoms with van der Waals surface area (Å²) in [5, 5.41) is 11.2. The third-order valence-electron chi connectivity index (χ3n) is 2.65. The maximum Gasteiger partial charge on any atom is 0.303 e. The molecule has 0 aromatic heterocycles. The lowest BCUT2D eigenvalue weighted by molar-refractivity contribution is -0.137. The average molecular weight is 249 g/mol. The molecule has 0 aliphatic heterocycles. The number of aryl methyl sites for hydroxylation is 2. The van der Waals surface area contributed by atoms with Gasteiger partial charge in [0.25, 0.3) is 0 Å². The maximum atomic E-state index is 11.5. The predicted octanol–water partition coefficient (Wildman–Crippen LogP) is 1.91. The van der Waals surface area contributed by atoms with Crippen molar-refractivity contribution in [3.05, 3.63) is 35.4 Å². The van der Waals surface area contributed by atoms with Crippen LogP contribution in [-0.2, 0) is 16.0 Å². The van der Waals surface area contributed by atoms with Crippen LogP contribution < -0.4 is 5.32 Å². The summed E-state index contributed by atoms with van der Waals surface area (Å²) in [5.74, 6) is -0.857. The number of carboxylic acid groups (broad SMARTS) is 1. The Hall–Kier alpha value is -1.84. The van der Waals surface area contributed by atoms with Gasteiger partial charge in [-0.15, -0.1) is 0 Å². The van der Waals surface area contributed by atoms with E-state index in [1.807, 2.05) is 31.2 Å². The van der Waals surface area contributed by atoms with Gasteiger partial charge in [-0.1, -0.05) is 29.8 Å².